The highest BCUT2D eigenvalue weighted by Crippen LogP contribution is 2.13. The molecule has 0 aliphatic rings. The second-order valence-electron chi connectivity index (χ2n) is 4.99. The normalized spacial score (nSPS) is 13.3. The highest BCUT2D eigenvalue weighted by molar-refractivity contribution is 5.14. The smallest absolute Gasteiger partial charge is 0.106 e. The van der Waals surface area contributed by atoms with E-state index in [2.05, 4.69) is 13.2 Å². The van der Waals surface area contributed by atoms with Crippen LogP contribution in [0.15, 0.2) is 86.0 Å². The maximum Gasteiger partial charge on any atom is 0.106 e. The van der Waals surface area contributed by atoms with Gasteiger partial charge in [-0.05, 0) is 11.1 Å². The molecule has 2 aromatic carbocycles. The Labute approximate surface area is 132 Å². The van der Waals surface area contributed by atoms with E-state index in [4.69, 9.17) is 9.47 Å². The Morgan fingerprint density at radius 3 is 1.36 bits per heavy atom. The highest BCUT2D eigenvalue weighted by atomic mass is 16.5. The van der Waals surface area contributed by atoms with Gasteiger partial charge in [0.25, 0.3) is 0 Å². The molecule has 0 amide bonds. The van der Waals surface area contributed by atoms with Crippen molar-refractivity contribution in [3.8, 4) is 0 Å². The molecular weight excluding hydrogens is 272 g/mol. The molecule has 0 aromatic heterocycles. The molecule has 114 valence electrons. The van der Waals surface area contributed by atoms with Crippen LogP contribution in [0.2, 0.25) is 0 Å². The summed E-state index contributed by atoms with van der Waals surface area (Å²) in [7, 11) is 0. The maximum absolute atomic E-state index is 5.90. The fourth-order valence-corrected chi connectivity index (χ4v) is 2.13. The van der Waals surface area contributed by atoms with E-state index in [1.54, 1.807) is 12.2 Å². The lowest BCUT2D eigenvalue weighted by molar-refractivity contribution is -0.0418. The molecule has 0 fully saturated rings. The Morgan fingerprint density at radius 2 is 1.05 bits per heavy atom. The number of ether oxygens (including phenoxy) is 2. The summed E-state index contributed by atoms with van der Waals surface area (Å²) in [5.41, 5.74) is 2.25. The van der Waals surface area contributed by atoms with E-state index in [1.807, 2.05) is 60.7 Å². The van der Waals surface area contributed by atoms with Crippen LogP contribution < -0.4 is 0 Å². The minimum atomic E-state index is -0.221. The molecule has 2 heteroatoms. The average Bonchev–Trinajstić information content (AvgIpc) is 2.59. The van der Waals surface area contributed by atoms with Gasteiger partial charge in [-0.3, -0.25) is 0 Å². The minimum Gasteiger partial charge on any atom is -0.366 e. The number of hydrogen-bond acceptors (Lipinski definition) is 2. The van der Waals surface area contributed by atoms with Crippen molar-refractivity contribution in [2.24, 2.45) is 0 Å². The van der Waals surface area contributed by atoms with Crippen LogP contribution in [0.25, 0.3) is 0 Å². The molecule has 0 saturated carbocycles. The summed E-state index contributed by atoms with van der Waals surface area (Å²) in [5.74, 6) is 0. The number of benzene rings is 2. The predicted molar refractivity (Wildman–Crippen MR) is 90.4 cm³/mol. The van der Waals surface area contributed by atoms with E-state index >= 15 is 0 Å². The summed E-state index contributed by atoms with van der Waals surface area (Å²) in [6, 6.07) is 20.1. The first-order chi connectivity index (χ1) is 10.8. The van der Waals surface area contributed by atoms with E-state index in [0.717, 1.165) is 11.1 Å². The highest BCUT2D eigenvalue weighted by Gasteiger charge is 2.17. The van der Waals surface area contributed by atoms with Crippen LogP contribution >= 0.6 is 0 Å². The molecule has 0 bridgehead atoms. The predicted octanol–water partition coefficient (Wildman–Crippen LogP) is 4.53. The lowest BCUT2D eigenvalue weighted by atomic mass is 10.2. The van der Waals surface area contributed by atoms with E-state index in [-0.39, 0.29) is 12.2 Å². The van der Waals surface area contributed by atoms with E-state index in [9.17, 15) is 0 Å². The molecule has 2 aromatic rings. The lowest BCUT2D eigenvalue weighted by Gasteiger charge is -2.22. The largest absolute Gasteiger partial charge is 0.366 e. The first kappa shape index (κ1) is 16.2. The summed E-state index contributed by atoms with van der Waals surface area (Å²) < 4.78 is 11.8. The molecule has 0 radical (unpaired) electrons. The average molecular weight is 294 g/mol. The van der Waals surface area contributed by atoms with Gasteiger partial charge in [-0.1, -0.05) is 72.8 Å². The summed E-state index contributed by atoms with van der Waals surface area (Å²) in [4.78, 5) is 0. The molecule has 0 saturated heterocycles. The third kappa shape index (κ3) is 4.99. The van der Waals surface area contributed by atoms with Crippen LogP contribution in [0.5, 0.6) is 0 Å². The SMILES string of the molecule is C=CC(OCc1ccccc1)C(C=C)OCc1ccccc1. The molecule has 0 spiro atoms. The molecule has 2 rings (SSSR count). The van der Waals surface area contributed by atoms with Crippen LogP contribution in [-0.4, -0.2) is 12.2 Å². The van der Waals surface area contributed by atoms with Gasteiger partial charge in [-0.25, -0.2) is 0 Å². The zero-order chi connectivity index (χ0) is 15.6. The molecular formula is C20H22O2. The van der Waals surface area contributed by atoms with Gasteiger partial charge in [0, 0.05) is 0 Å². The summed E-state index contributed by atoms with van der Waals surface area (Å²) >= 11 is 0. The molecule has 0 aliphatic heterocycles. The van der Waals surface area contributed by atoms with Gasteiger partial charge in [-0.15, -0.1) is 13.2 Å². The molecule has 0 aliphatic carbocycles. The van der Waals surface area contributed by atoms with E-state index in [0.29, 0.717) is 13.2 Å². The molecule has 2 atom stereocenters. The summed E-state index contributed by atoms with van der Waals surface area (Å²) in [6.07, 6.45) is 3.09. The van der Waals surface area contributed by atoms with Crippen molar-refractivity contribution >= 4 is 0 Å². The van der Waals surface area contributed by atoms with Crippen LogP contribution in [0, 0.1) is 0 Å². The van der Waals surface area contributed by atoms with Crippen molar-refractivity contribution in [1.29, 1.82) is 0 Å². The Kier molecular flexibility index (Phi) is 6.62. The van der Waals surface area contributed by atoms with Gasteiger partial charge in [0.2, 0.25) is 0 Å². The third-order valence-electron chi connectivity index (χ3n) is 3.36. The number of rotatable bonds is 9. The summed E-state index contributed by atoms with van der Waals surface area (Å²) in [5, 5.41) is 0. The van der Waals surface area contributed by atoms with Gasteiger partial charge in [0.15, 0.2) is 0 Å². The van der Waals surface area contributed by atoms with E-state index < -0.39 is 0 Å². The fourth-order valence-electron chi connectivity index (χ4n) is 2.13. The molecule has 22 heavy (non-hydrogen) atoms. The molecule has 2 unspecified atom stereocenters. The van der Waals surface area contributed by atoms with Crippen molar-refractivity contribution < 1.29 is 9.47 Å². The van der Waals surface area contributed by atoms with Crippen LogP contribution in [-0.2, 0) is 22.7 Å². The third-order valence-corrected chi connectivity index (χ3v) is 3.36. The van der Waals surface area contributed by atoms with Gasteiger partial charge >= 0.3 is 0 Å². The zero-order valence-corrected chi connectivity index (χ0v) is 12.7. The first-order valence-electron chi connectivity index (χ1n) is 7.39. The standard InChI is InChI=1S/C20H22O2/c1-3-19(21-15-17-11-7-5-8-12-17)20(4-2)22-16-18-13-9-6-10-14-18/h3-14,19-20H,1-2,15-16H2. The Morgan fingerprint density at radius 1 is 0.682 bits per heavy atom. The van der Waals surface area contributed by atoms with Crippen molar-refractivity contribution in [1.82, 2.24) is 0 Å². The van der Waals surface area contributed by atoms with E-state index in [1.165, 1.54) is 0 Å². The van der Waals surface area contributed by atoms with Crippen LogP contribution in [0.1, 0.15) is 11.1 Å². The fraction of sp³-hybridized carbons (Fsp3) is 0.200. The van der Waals surface area contributed by atoms with Crippen LogP contribution in [0.4, 0.5) is 0 Å². The van der Waals surface area contributed by atoms with Crippen molar-refractivity contribution in [2.45, 2.75) is 25.4 Å². The topological polar surface area (TPSA) is 18.5 Å². The Bertz CT molecular complexity index is 509. The van der Waals surface area contributed by atoms with Gasteiger partial charge in [-0.2, -0.15) is 0 Å². The zero-order valence-electron chi connectivity index (χ0n) is 12.7. The minimum absolute atomic E-state index is 0.221. The van der Waals surface area contributed by atoms with Crippen molar-refractivity contribution in [2.75, 3.05) is 0 Å². The first-order valence-corrected chi connectivity index (χ1v) is 7.39. The van der Waals surface area contributed by atoms with Gasteiger partial charge in [0.05, 0.1) is 13.2 Å². The van der Waals surface area contributed by atoms with Crippen molar-refractivity contribution in [3.63, 3.8) is 0 Å². The molecule has 0 N–H and O–H groups in total. The Hall–Kier alpha value is -2.16. The van der Waals surface area contributed by atoms with Gasteiger partial charge in [0.1, 0.15) is 12.2 Å². The van der Waals surface area contributed by atoms with Gasteiger partial charge < -0.3 is 9.47 Å². The van der Waals surface area contributed by atoms with Crippen LogP contribution in [0.3, 0.4) is 0 Å². The Balaban J connectivity index is 1.89. The lowest BCUT2D eigenvalue weighted by Crippen LogP contribution is -2.28. The molecule has 0 heterocycles. The van der Waals surface area contributed by atoms with Crippen molar-refractivity contribution in [3.05, 3.63) is 97.1 Å². The second kappa shape index (κ2) is 8.98. The number of hydrogen-bond donors (Lipinski definition) is 0. The summed E-state index contributed by atoms with van der Waals surface area (Å²) in [6.45, 7) is 8.74. The monoisotopic (exact) mass is 294 g/mol. The second-order valence-corrected chi connectivity index (χ2v) is 4.99. The maximum atomic E-state index is 5.90. The molecule has 2 nitrogen and oxygen atoms in total. The quantitative estimate of drug-likeness (QED) is 0.633.